The van der Waals surface area contributed by atoms with Crippen LogP contribution >= 0.6 is 11.6 Å². The van der Waals surface area contributed by atoms with Crippen LogP contribution in [-0.4, -0.2) is 37.0 Å². The molecular weight excluding hydrogens is 368 g/mol. The van der Waals surface area contributed by atoms with Crippen LogP contribution in [0.3, 0.4) is 0 Å². The normalized spacial score (nSPS) is 10.3. The van der Waals surface area contributed by atoms with E-state index in [9.17, 15) is 9.59 Å². The third-order valence-electron chi connectivity index (χ3n) is 3.90. The van der Waals surface area contributed by atoms with Crippen molar-refractivity contribution in [1.82, 2.24) is 4.90 Å². The average Bonchev–Trinajstić information content (AvgIpc) is 2.66. The van der Waals surface area contributed by atoms with Crippen molar-refractivity contribution in [3.05, 3.63) is 58.6 Å². The van der Waals surface area contributed by atoms with Crippen molar-refractivity contribution in [2.75, 3.05) is 20.3 Å². The molecule has 2 amide bonds. The SMILES string of the molecule is CCOc1c(Cl)cc(C(=O)N(CCC(N)=O)Cc2ccccc2)cc1OC. The number of halogens is 1. The Bertz CT molecular complexity index is 796. The summed E-state index contributed by atoms with van der Waals surface area (Å²) in [6, 6.07) is 12.6. The van der Waals surface area contributed by atoms with E-state index in [1.54, 1.807) is 17.0 Å². The molecule has 0 aliphatic heterocycles. The highest BCUT2D eigenvalue weighted by Crippen LogP contribution is 2.36. The summed E-state index contributed by atoms with van der Waals surface area (Å²) in [6.07, 6.45) is 0.0699. The fourth-order valence-electron chi connectivity index (χ4n) is 2.61. The maximum absolute atomic E-state index is 13.1. The van der Waals surface area contributed by atoms with Gasteiger partial charge in [0, 0.05) is 25.1 Å². The highest BCUT2D eigenvalue weighted by molar-refractivity contribution is 6.32. The van der Waals surface area contributed by atoms with Gasteiger partial charge < -0.3 is 20.1 Å². The molecule has 0 spiro atoms. The third kappa shape index (κ3) is 5.62. The molecule has 0 fully saturated rings. The van der Waals surface area contributed by atoms with Crippen molar-refractivity contribution in [2.24, 2.45) is 5.73 Å². The number of carbonyl (C=O) groups excluding carboxylic acids is 2. The molecule has 2 aromatic carbocycles. The van der Waals surface area contributed by atoms with Crippen molar-refractivity contribution in [3.8, 4) is 11.5 Å². The summed E-state index contributed by atoms with van der Waals surface area (Å²) in [5, 5.41) is 0.286. The molecule has 144 valence electrons. The monoisotopic (exact) mass is 390 g/mol. The van der Waals surface area contributed by atoms with Crippen molar-refractivity contribution < 1.29 is 19.1 Å². The molecule has 2 aromatic rings. The second kappa shape index (κ2) is 9.83. The van der Waals surface area contributed by atoms with Gasteiger partial charge in [-0.2, -0.15) is 0 Å². The van der Waals surface area contributed by atoms with Crippen LogP contribution in [0.2, 0.25) is 5.02 Å². The van der Waals surface area contributed by atoms with Gasteiger partial charge in [0.25, 0.3) is 5.91 Å². The Morgan fingerprint density at radius 2 is 1.89 bits per heavy atom. The lowest BCUT2D eigenvalue weighted by Crippen LogP contribution is -2.33. The Morgan fingerprint density at radius 3 is 2.48 bits per heavy atom. The molecule has 0 bridgehead atoms. The number of hydrogen-bond donors (Lipinski definition) is 1. The van der Waals surface area contributed by atoms with Gasteiger partial charge in [-0.05, 0) is 24.6 Å². The third-order valence-corrected chi connectivity index (χ3v) is 4.18. The summed E-state index contributed by atoms with van der Waals surface area (Å²) in [6.45, 7) is 2.80. The number of nitrogens with two attached hydrogens (primary N) is 1. The van der Waals surface area contributed by atoms with Crippen LogP contribution in [-0.2, 0) is 11.3 Å². The Hall–Kier alpha value is -2.73. The minimum Gasteiger partial charge on any atom is -0.493 e. The number of amides is 2. The summed E-state index contributed by atoms with van der Waals surface area (Å²) in [7, 11) is 1.48. The van der Waals surface area contributed by atoms with Crippen LogP contribution in [0.25, 0.3) is 0 Å². The molecule has 0 aliphatic carbocycles. The van der Waals surface area contributed by atoms with Crippen molar-refractivity contribution in [1.29, 1.82) is 0 Å². The number of carbonyl (C=O) groups is 2. The van der Waals surface area contributed by atoms with E-state index in [-0.39, 0.29) is 23.9 Å². The molecule has 0 aliphatic rings. The first-order valence-electron chi connectivity index (χ1n) is 8.58. The largest absolute Gasteiger partial charge is 0.493 e. The van der Waals surface area contributed by atoms with Crippen LogP contribution in [0.1, 0.15) is 29.3 Å². The first-order chi connectivity index (χ1) is 13.0. The predicted molar refractivity (Wildman–Crippen MR) is 104 cm³/mol. The average molecular weight is 391 g/mol. The first-order valence-corrected chi connectivity index (χ1v) is 8.95. The van der Waals surface area contributed by atoms with Crippen LogP contribution in [0.4, 0.5) is 0 Å². The molecule has 6 nitrogen and oxygen atoms in total. The smallest absolute Gasteiger partial charge is 0.254 e. The van der Waals surface area contributed by atoms with Gasteiger partial charge in [-0.15, -0.1) is 0 Å². The Balaban J connectivity index is 2.33. The molecule has 2 N–H and O–H groups in total. The summed E-state index contributed by atoms with van der Waals surface area (Å²) >= 11 is 6.28. The maximum Gasteiger partial charge on any atom is 0.254 e. The lowest BCUT2D eigenvalue weighted by molar-refractivity contribution is -0.118. The number of ether oxygens (including phenoxy) is 2. The van der Waals surface area contributed by atoms with Gasteiger partial charge in [0.15, 0.2) is 11.5 Å². The van der Waals surface area contributed by atoms with E-state index in [1.807, 2.05) is 37.3 Å². The zero-order valence-corrected chi connectivity index (χ0v) is 16.2. The molecule has 0 saturated heterocycles. The molecule has 2 rings (SSSR count). The number of methoxy groups -OCH3 is 1. The summed E-state index contributed by atoms with van der Waals surface area (Å²) in [5.74, 6) is 0.0266. The van der Waals surface area contributed by atoms with Gasteiger partial charge in [0.2, 0.25) is 5.91 Å². The number of primary amides is 1. The molecule has 0 aromatic heterocycles. The zero-order valence-electron chi connectivity index (χ0n) is 15.4. The van der Waals surface area contributed by atoms with Gasteiger partial charge in [-0.3, -0.25) is 9.59 Å². The minimum atomic E-state index is -0.469. The van der Waals surface area contributed by atoms with Crippen LogP contribution in [0.5, 0.6) is 11.5 Å². The predicted octanol–water partition coefficient (Wildman–Crippen LogP) is 3.27. The van der Waals surface area contributed by atoms with Gasteiger partial charge in [-0.25, -0.2) is 0 Å². The number of rotatable bonds is 9. The Kier molecular flexibility index (Phi) is 7.49. The summed E-state index contributed by atoms with van der Waals surface area (Å²) < 4.78 is 10.8. The summed E-state index contributed by atoms with van der Waals surface area (Å²) in [4.78, 5) is 25.8. The van der Waals surface area contributed by atoms with Gasteiger partial charge in [-0.1, -0.05) is 41.9 Å². The first kappa shape index (κ1) is 20.6. The Labute approximate surface area is 163 Å². The maximum atomic E-state index is 13.1. The van der Waals surface area contributed by atoms with Crippen molar-refractivity contribution in [2.45, 2.75) is 19.9 Å². The highest BCUT2D eigenvalue weighted by Gasteiger charge is 2.21. The van der Waals surface area contributed by atoms with Crippen LogP contribution in [0.15, 0.2) is 42.5 Å². The van der Waals surface area contributed by atoms with E-state index in [0.29, 0.717) is 30.2 Å². The summed E-state index contributed by atoms with van der Waals surface area (Å²) in [5.41, 5.74) is 6.55. The van der Waals surface area contributed by atoms with Gasteiger partial charge >= 0.3 is 0 Å². The molecule has 0 radical (unpaired) electrons. The topological polar surface area (TPSA) is 81.9 Å². The minimum absolute atomic E-state index is 0.0699. The number of nitrogens with zero attached hydrogens (tertiary/aromatic N) is 1. The molecule has 0 atom stereocenters. The molecule has 27 heavy (non-hydrogen) atoms. The van der Waals surface area contributed by atoms with Crippen LogP contribution in [0, 0.1) is 0 Å². The lowest BCUT2D eigenvalue weighted by atomic mass is 10.1. The van der Waals surface area contributed by atoms with Crippen LogP contribution < -0.4 is 15.2 Å². The number of benzene rings is 2. The van der Waals surface area contributed by atoms with E-state index in [4.69, 9.17) is 26.8 Å². The Morgan fingerprint density at radius 1 is 1.19 bits per heavy atom. The zero-order chi connectivity index (χ0) is 19.8. The van der Waals surface area contributed by atoms with Gasteiger partial charge in [0.05, 0.1) is 18.7 Å². The molecule has 7 heteroatoms. The molecule has 0 unspecified atom stereocenters. The van der Waals surface area contributed by atoms with E-state index in [1.165, 1.54) is 7.11 Å². The second-order valence-corrected chi connectivity index (χ2v) is 6.26. The van der Waals surface area contributed by atoms with E-state index < -0.39 is 5.91 Å². The highest BCUT2D eigenvalue weighted by atomic mass is 35.5. The van der Waals surface area contributed by atoms with E-state index in [0.717, 1.165) is 5.56 Å². The number of hydrogen-bond acceptors (Lipinski definition) is 4. The fourth-order valence-corrected chi connectivity index (χ4v) is 2.88. The standard InChI is InChI=1S/C20H23ClN2O4/c1-3-27-19-16(21)11-15(12-17(19)26-2)20(25)23(10-9-18(22)24)13-14-7-5-4-6-8-14/h4-8,11-12H,3,9-10,13H2,1-2H3,(H2,22,24). The second-order valence-electron chi connectivity index (χ2n) is 5.85. The lowest BCUT2D eigenvalue weighted by Gasteiger charge is -2.23. The van der Waals surface area contributed by atoms with Crippen molar-refractivity contribution in [3.63, 3.8) is 0 Å². The molecular formula is C20H23ClN2O4. The van der Waals surface area contributed by atoms with E-state index in [2.05, 4.69) is 0 Å². The quantitative estimate of drug-likeness (QED) is 0.712. The molecule has 0 saturated carbocycles. The molecule has 0 heterocycles. The van der Waals surface area contributed by atoms with Crippen molar-refractivity contribution >= 4 is 23.4 Å². The fraction of sp³-hybridized carbons (Fsp3) is 0.300. The van der Waals surface area contributed by atoms with E-state index >= 15 is 0 Å². The van der Waals surface area contributed by atoms with Gasteiger partial charge in [0.1, 0.15) is 0 Å².